The largest absolute Gasteiger partial charge is 0.369 e. The first-order valence-electron chi connectivity index (χ1n) is 5.42. The Bertz CT molecular complexity index is 326. The van der Waals surface area contributed by atoms with Gasteiger partial charge in [-0.05, 0) is 25.7 Å². The van der Waals surface area contributed by atoms with Crippen molar-refractivity contribution in [1.82, 2.24) is 9.97 Å². The molecule has 0 radical (unpaired) electrons. The first-order chi connectivity index (χ1) is 6.88. The third-order valence-electron chi connectivity index (χ3n) is 2.24. The molecular weight excluding hydrogens is 186 g/mol. The van der Waals surface area contributed by atoms with Gasteiger partial charge in [-0.3, -0.25) is 4.98 Å². The van der Waals surface area contributed by atoms with Crippen LogP contribution >= 0.6 is 0 Å². The molecule has 0 atom stereocenters. The lowest BCUT2D eigenvalue weighted by Crippen LogP contribution is -2.14. The van der Waals surface area contributed by atoms with Crippen LogP contribution in [0.25, 0.3) is 0 Å². The zero-order valence-electron chi connectivity index (χ0n) is 10.4. The van der Waals surface area contributed by atoms with Crippen LogP contribution in [0.2, 0.25) is 0 Å². The molecule has 0 bridgehead atoms. The van der Waals surface area contributed by atoms with Crippen molar-refractivity contribution in [3.05, 3.63) is 17.6 Å². The van der Waals surface area contributed by atoms with Gasteiger partial charge in [0.2, 0.25) is 0 Å². The van der Waals surface area contributed by atoms with E-state index in [2.05, 4.69) is 36.1 Å². The highest BCUT2D eigenvalue weighted by Crippen LogP contribution is 2.18. The highest BCUT2D eigenvalue weighted by molar-refractivity contribution is 5.39. The second kappa shape index (κ2) is 4.60. The van der Waals surface area contributed by atoms with Gasteiger partial charge in [-0.1, -0.05) is 20.8 Å². The quantitative estimate of drug-likeness (QED) is 0.828. The second-order valence-corrected chi connectivity index (χ2v) is 5.18. The molecule has 0 amide bonds. The molecule has 0 spiro atoms. The van der Waals surface area contributed by atoms with Crippen LogP contribution in [0.5, 0.6) is 0 Å². The normalized spacial score (nSPS) is 11.5. The van der Waals surface area contributed by atoms with Crippen LogP contribution in [0.15, 0.2) is 6.20 Å². The number of nitrogens with zero attached hydrogens (tertiary/aromatic N) is 2. The summed E-state index contributed by atoms with van der Waals surface area (Å²) in [6, 6.07) is 0. The number of aromatic nitrogens is 2. The average molecular weight is 207 g/mol. The maximum Gasteiger partial charge on any atom is 0.147 e. The molecule has 1 rings (SSSR count). The Hall–Kier alpha value is -1.12. The van der Waals surface area contributed by atoms with E-state index in [9.17, 15) is 0 Å². The van der Waals surface area contributed by atoms with Crippen LogP contribution in [0.4, 0.5) is 5.82 Å². The summed E-state index contributed by atoms with van der Waals surface area (Å²) in [5.74, 6) is 0.916. The predicted molar refractivity (Wildman–Crippen MR) is 64.1 cm³/mol. The first kappa shape index (κ1) is 12.0. The summed E-state index contributed by atoms with van der Waals surface area (Å²) in [7, 11) is 0. The average Bonchev–Trinajstić information content (AvgIpc) is 2.09. The van der Waals surface area contributed by atoms with Crippen molar-refractivity contribution in [1.29, 1.82) is 0 Å². The van der Waals surface area contributed by atoms with Gasteiger partial charge in [0, 0.05) is 12.7 Å². The zero-order valence-corrected chi connectivity index (χ0v) is 10.4. The molecule has 0 saturated heterocycles. The van der Waals surface area contributed by atoms with Crippen molar-refractivity contribution in [2.45, 2.75) is 41.0 Å². The van der Waals surface area contributed by atoms with Crippen molar-refractivity contribution < 1.29 is 0 Å². The van der Waals surface area contributed by atoms with Crippen LogP contribution in [-0.2, 0) is 0 Å². The second-order valence-electron chi connectivity index (χ2n) is 5.18. The summed E-state index contributed by atoms with van der Waals surface area (Å²) in [4.78, 5) is 8.69. The van der Waals surface area contributed by atoms with Gasteiger partial charge in [-0.2, -0.15) is 0 Å². The molecule has 0 aromatic carbocycles. The van der Waals surface area contributed by atoms with Crippen molar-refractivity contribution in [2.75, 3.05) is 11.9 Å². The molecule has 1 aromatic heterocycles. The number of aryl methyl sites for hydroxylation is 2. The number of hydrogen-bond acceptors (Lipinski definition) is 3. The van der Waals surface area contributed by atoms with Gasteiger partial charge in [-0.25, -0.2) is 4.98 Å². The molecular formula is C12H21N3. The molecule has 15 heavy (non-hydrogen) atoms. The van der Waals surface area contributed by atoms with Crippen molar-refractivity contribution in [2.24, 2.45) is 5.41 Å². The summed E-state index contributed by atoms with van der Waals surface area (Å²) >= 11 is 0. The molecule has 1 heterocycles. The number of hydrogen-bond donors (Lipinski definition) is 1. The van der Waals surface area contributed by atoms with Crippen molar-refractivity contribution in [3.8, 4) is 0 Å². The van der Waals surface area contributed by atoms with Gasteiger partial charge < -0.3 is 5.32 Å². The fourth-order valence-corrected chi connectivity index (χ4v) is 1.26. The van der Waals surface area contributed by atoms with E-state index in [0.29, 0.717) is 5.41 Å². The maximum atomic E-state index is 4.42. The minimum atomic E-state index is 0.359. The van der Waals surface area contributed by atoms with Gasteiger partial charge >= 0.3 is 0 Å². The van der Waals surface area contributed by atoms with E-state index < -0.39 is 0 Å². The fraction of sp³-hybridized carbons (Fsp3) is 0.667. The summed E-state index contributed by atoms with van der Waals surface area (Å²) in [6.45, 7) is 11.6. The molecule has 0 aliphatic heterocycles. The third kappa shape index (κ3) is 4.28. The summed E-state index contributed by atoms with van der Waals surface area (Å²) in [5, 5.41) is 3.34. The minimum Gasteiger partial charge on any atom is -0.369 e. The minimum absolute atomic E-state index is 0.359. The first-order valence-corrected chi connectivity index (χ1v) is 5.42. The van der Waals surface area contributed by atoms with E-state index in [0.717, 1.165) is 30.2 Å². The number of rotatable bonds is 3. The lowest BCUT2D eigenvalue weighted by atomic mass is 9.92. The highest BCUT2D eigenvalue weighted by Gasteiger charge is 2.09. The van der Waals surface area contributed by atoms with Crippen LogP contribution in [0, 0.1) is 19.3 Å². The van der Waals surface area contributed by atoms with Crippen LogP contribution in [-0.4, -0.2) is 16.5 Å². The molecule has 0 fully saturated rings. The van der Waals surface area contributed by atoms with Crippen molar-refractivity contribution >= 4 is 5.82 Å². The fourth-order valence-electron chi connectivity index (χ4n) is 1.26. The monoisotopic (exact) mass is 207 g/mol. The predicted octanol–water partition coefficient (Wildman–Crippen LogP) is 2.94. The lowest BCUT2D eigenvalue weighted by molar-refractivity contribution is 0.389. The third-order valence-corrected chi connectivity index (χ3v) is 2.24. The molecule has 1 N–H and O–H groups in total. The lowest BCUT2D eigenvalue weighted by Gasteiger charge is -2.18. The molecule has 0 aliphatic carbocycles. The smallest absolute Gasteiger partial charge is 0.147 e. The van der Waals surface area contributed by atoms with E-state index in [1.807, 2.05) is 13.8 Å². The van der Waals surface area contributed by atoms with Crippen LogP contribution in [0.3, 0.4) is 0 Å². The van der Waals surface area contributed by atoms with E-state index in [4.69, 9.17) is 0 Å². The van der Waals surface area contributed by atoms with Gasteiger partial charge in [0.15, 0.2) is 0 Å². The Morgan fingerprint density at radius 1 is 1.27 bits per heavy atom. The standard InChI is InChI=1S/C12H21N3/c1-9-8-14-10(2)11(15-9)13-7-6-12(3,4)5/h8H,6-7H2,1-5H3,(H,13,15). The molecule has 0 saturated carbocycles. The molecule has 84 valence electrons. The van der Waals surface area contributed by atoms with Gasteiger partial charge in [-0.15, -0.1) is 0 Å². The number of nitrogens with one attached hydrogen (secondary N) is 1. The Morgan fingerprint density at radius 2 is 1.93 bits per heavy atom. The van der Waals surface area contributed by atoms with Gasteiger partial charge in [0.25, 0.3) is 0 Å². The topological polar surface area (TPSA) is 37.8 Å². The van der Waals surface area contributed by atoms with Crippen LogP contribution in [0.1, 0.15) is 38.6 Å². The van der Waals surface area contributed by atoms with E-state index in [1.165, 1.54) is 0 Å². The summed E-state index contributed by atoms with van der Waals surface area (Å²) < 4.78 is 0. The highest BCUT2D eigenvalue weighted by atomic mass is 15.0. The summed E-state index contributed by atoms with van der Waals surface area (Å²) in [6.07, 6.45) is 2.92. The zero-order chi connectivity index (χ0) is 11.5. The van der Waals surface area contributed by atoms with Crippen LogP contribution < -0.4 is 5.32 Å². The van der Waals surface area contributed by atoms with Gasteiger partial charge in [0.1, 0.15) is 5.82 Å². The maximum absolute atomic E-state index is 4.42. The molecule has 1 aromatic rings. The molecule has 3 heteroatoms. The summed E-state index contributed by atoms with van der Waals surface area (Å²) in [5.41, 5.74) is 2.28. The Labute approximate surface area is 92.3 Å². The SMILES string of the molecule is Cc1cnc(C)c(NCCC(C)(C)C)n1. The molecule has 0 aliphatic rings. The van der Waals surface area contributed by atoms with E-state index in [-0.39, 0.29) is 0 Å². The Balaban J connectivity index is 2.54. The number of anilines is 1. The Kier molecular flexibility index (Phi) is 3.66. The van der Waals surface area contributed by atoms with E-state index >= 15 is 0 Å². The Morgan fingerprint density at radius 3 is 2.53 bits per heavy atom. The molecule has 3 nitrogen and oxygen atoms in total. The van der Waals surface area contributed by atoms with E-state index in [1.54, 1.807) is 6.20 Å². The van der Waals surface area contributed by atoms with Gasteiger partial charge in [0.05, 0.1) is 11.4 Å². The molecule has 0 unspecified atom stereocenters. The van der Waals surface area contributed by atoms with Crippen molar-refractivity contribution in [3.63, 3.8) is 0 Å².